The number of fused-ring (bicyclic) bond motifs is 2. The molecular weight excluding hydrogens is 394 g/mol. The summed E-state index contributed by atoms with van der Waals surface area (Å²) in [5, 5.41) is 13.0. The lowest BCUT2D eigenvalue weighted by molar-refractivity contribution is -0.140. The first-order valence-corrected chi connectivity index (χ1v) is 10.0. The van der Waals surface area contributed by atoms with Crippen molar-refractivity contribution in [2.75, 3.05) is 20.3 Å². The number of ether oxygens (including phenoxy) is 1. The van der Waals surface area contributed by atoms with Gasteiger partial charge < -0.3 is 24.7 Å². The van der Waals surface area contributed by atoms with Crippen LogP contribution in [0.5, 0.6) is 0 Å². The molecule has 0 aliphatic carbocycles. The van der Waals surface area contributed by atoms with Crippen LogP contribution in [0.15, 0.2) is 66.5 Å². The topological polar surface area (TPSA) is 98.4 Å². The number of nitrogens with zero attached hydrogens (tertiary/aromatic N) is 1. The molecule has 4 aromatic rings. The van der Waals surface area contributed by atoms with Crippen molar-refractivity contribution in [2.45, 2.75) is 6.04 Å². The Morgan fingerprint density at radius 3 is 2.39 bits per heavy atom. The number of benzene rings is 2. The summed E-state index contributed by atoms with van der Waals surface area (Å²) in [5.41, 5.74) is 3.05. The molecular formula is C24H21N3O4. The molecule has 0 saturated carbocycles. The first-order chi connectivity index (χ1) is 15.1. The maximum atomic E-state index is 13.1. The maximum Gasteiger partial charge on any atom is 0.295 e. The number of H-pyrrole nitrogens is 2. The van der Waals surface area contributed by atoms with Gasteiger partial charge in [0.05, 0.1) is 18.2 Å². The average molecular weight is 415 g/mol. The van der Waals surface area contributed by atoms with Gasteiger partial charge in [-0.1, -0.05) is 36.4 Å². The molecule has 2 aromatic heterocycles. The van der Waals surface area contributed by atoms with Crippen LogP contribution < -0.4 is 0 Å². The standard InChI is InChI=1S/C24H21N3O4/c1-31-11-10-27-21(16-12-25-18-8-4-2-6-14(16)18)20(23(29)24(27)30)22(28)17-13-26-19-9-5-3-7-15(17)19/h2-9,12-13,21,25-26,28H,10-11H2,1H3/b22-20+. The van der Waals surface area contributed by atoms with Crippen LogP contribution >= 0.6 is 0 Å². The second-order valence-electron chi connectivity index (χ2n) is 7.52. The van der Waals surface area contributed by atoms with Crippen molar-refractivity contribution < 1.29 is 19.4 Å². The molecule has 1 atom stereocenters. The van der Waals surface area contributed by atoms with Gasteiger partial charge in [-0.05, 0) is 12.1 Å². The van der Waals surface area contributed by atoms with Crippen LogP contribution in [0, 0.1) is 0 Å². The number of para-hydroxylation sites is 2. The van der Waals surface area contributed by atoms with Crippen molar-refractivity contribution in [1.82, 2.24) is 14.9 Å². The molecule has 156 valence electrons. The maximum absolute atomic E-state index is 13.1. The summed E-state index contributed by atoms with van der Waals surface area (Å²) in [7, 11) is 1.54. The molecule has 3 heterocycles. The summed E-state index contributed by atoms with van der Waals surface area (Å²) in [6.45, 7) is 0.509. The summed E-state index contributed by atoms with van der Waals surface area (Å²) in [6, 6.07) is 14.5. The zero-order chi connectivity index (χ0) is 21.5. The largest absolute Gasteiger partial charge is 0.507 e. The minimum Gasteiger partial charge on any atom is -0.507 e. The van der Waals surface area contributed by atoms with E-state index >= 15 is 0 Å². The number of aliphatic hydroxyl groups is 1. The number of carbonyl (C=O) groups excluding carboxylic acids is 2. The zero-order valence-corrected chi connectivity index (χ0v) is 16.9. The highest BCUT2D eigenvalue weighted by Gasteiger charge is 2.46. The fraction of sp³-hybridized carbons (Fsp3) is 0.167. The molecule has 2 aromatic carbocycles. The molecule has 3 N–H and O–H groups in total. The lowest BCUT2D eigenvalue weighted by Gasteiger charge is -2.24. The molecule has 1 unspecified atom stereocenters. The SMILES string of the molecule is COCCN1C(=O)C(=O)/C(=C(/O)c2c[nH]c3ccccc23)C1c1c[nH]c2ccccc12. The second-order valence-corrected chi connectivity index (χ2v) is 7.52. The van der Waals surface area contributed by atoms with E-state index in [0.717, 1.165) is 27.4 Å². The van der Waals surface area contributed by atoms with Gasteiger partial charge in [0.15, 0.2) is 0 Å². The van der Waals surface area contributed by atoms with Crippen LogP contribution in [-0.4, -0.2) is 51.9 Å². The van der Waals surface area contributed by atoms with E-state index in [1.165, 1.54) is 4.90 Å². The van der Waals surface area contributed by atoms with E-state index in [2.05, 4.69) is 9.97 Å². The summed E-state index contributed by atoms with van der Waals surface area (Å²) >= 11 is 0. The number of aliphatic hydroxyl groups excluding tert-OH is 1. The van der Waals surface area contributed by atoms with E-state index < -0.39 is 17.7 Å². The van der Waals surface area contributed by atoms with Gasteiger partial charge in [0, 0.05) is 59.0 Å². The lowest BCUT2D eigenvalue weighted by Crippen LogP contribution is -2.32. The molecule has 7 nitrogen and oxygen atoms in total. The molecule has 0 bridgehead atoms. The highest BCUT2D eigenvalue weighted by Crippen LogP contribution is 2.42. The third-order valence-corrected chi connectivity index (χ3v) is 5.84. The molecule has 5 rings (SSSR count). The third kappa shape index (κ3) is 2.93. The van der Waals surface area contributed by atoms with E-state index in [-0.39, 0.29) is 24.5 Å². The average Bonchev–Trinajstić information content (AvgIpc) is 3.47. The number of likely N-dealkylation sites (tertiary alicyclic amines) is 1. The number of amides is 1. The van der Waals surface area contributed by atoms with Crippen molar-refractivity contribution in [3.8, 4) is 0 Å². The number of hydrogen-bond acceptors (Lipinski definition) is 4. The van der Waals surface area contributed by atoms with Crippen molar-refractivity contribution >= 4 is 39.3 Å². The Hall–Kier alpha value is -3.84. The fourth-order valence-electron chi connectivity index (χ4n) is 4.36. The molecule has 1 fully saturated rings. The Bertz CT molecular complexity index is 1350. The summed E-state index contributed by atoms with van der Waals surface area (Å²) in [4.78, 5) is 33.9. The molecule has 0 radical (unpaired) electrons. The smallest absolute Gasteiger partial charge is 0.295 e. The zero-order valence-electron chi connectivity index (χ0n) is 16.9. The predicted molar refractivity (Wildman–Crippen MR) is 117 cm³/mol. The number of aromatic amines is 2. The Morgan fingerprint density at radius 2 is 1.65 bits per heavy atom. The highest BCUT2D eigenvalue weighted by molar-refractivity contribution is 6.46. The Morgan fingerprint density at radius 1 is 1.00 bits per heavy atom. The van der Waals surface area contributed by atoms with Crippen LogP contribution in [-0.2, 0) is 14.3 Å². The first kappa shape index (κ1) is 19.1. The molecule has 1 saturated heterocycles. The van der Waals surface area contributed by atoms with Crippen LogP contribution in [0.25, 0.3) is 27.6 Å². The Kier molecular flexibility index (Phi) is 4.60. The molecule has 1 aliphatic rings. The van der Waals surface area contributed by atoms with Gasteiger partial charge in [-0.25, -0.2) is 0 Å². The minimum atomic E-state index is -0.722. The molecule has 0 spiro atoms. The van der Waals surface area contributed by atoms with Gasteiger partial charge >= 0.3 is 0 Å². The quantitative estimate of drug-likeness (QED) is 0.263. The Balaban J connectivity index is 1.74. The predicted octanol–water partition coefficient (Wildman–Crippen LogP) is 3.72. The van der Waals surface area contributed by atoms with Crippen LogP contribution in [0.4, 0.5) is 0 Å². The number of Topliss-reactive ketones (excluding diaryl/α,β-unsaturated/α-hetero) is 1. The van der Waals surface area contributed by atoms with Gasteiger partial charge in [0.25, 0.3) is 11.7 Å². The molecule has 1 aliphatic heterocycles. The Labute approximate surface area is 177 Å². The number of rotatable bonds is 5. The van der Waals surface area contributed by atoms with Crippen LogP contribution in [0.1, 0.15) is 17.2 Å². The van der Waals surface area contributed by atoms with Crippen LogP contribution in [0.2, 0.25) is 0 Å². The number of methoxy groups -OCH3 is 1. The molecule has 1 amide bonds. The normalized spacial score (nSPS) is 18.5. The number of hydrogen-bond donors (Lipinski definition) is 3. The van der Waals surface area contributed by atoms with E-state index in [1.807, 2.05) is 48.5 Å². The highest BCUT2D eigenvalue weighted by atomic mass is 16.5. The van der Waals surface area contributed by atoms with Crippen molar-refractivity contribution in [2.24, 2.45) is 0 Å². The second kappa shape index (κ2) is 7.45. The van der Waals surface area contributed by atoms with Crippen LogP contribution in [0.3, 0.4) is 0 Å². The number of aromatic nitrogens is 2. The van der Waals surface area contributed by atoms with E-state index in [9.17, 15) is 14.7 Å². The summed E-state index contributed by atoms with van der Waals surface area (Å²) in [6.07, 6.45) is 3.46. The van der Waals surface area contributed by atoms with Gasteiger partial charge in [-0.2, -0.15) is 0 Å². The van der Waals surface area contributed by atoms with Gasteiger partial charge in [-0.3, -0.25) is 9.59 Å². The van der Waals surface area contributed by atoms with Gasteiger partial charge in [0.2, 0.25) is 0 Å². The van der Waals surface area contributed by atoms with Crippen molar-refractivity contribution in [3.63, 3.8) is 0 Å². The van der Waals surface area contributed by atoms with Crippen molar-refractivity contribution in [3.05, 3.63) is 77.6 Å². The van der Waals surface area contributed by atoms with E-state index in [0.29, 0.717) is 5.56 Å². The van der Waals surface area contributed by atoms with E-state index in [1.54, 1.807) is 19.5 Å². The number of nitrogens with one attached hydrogen (secondary N) is 2. The van der Waals surface area contributed by atoms with E-state index in [4.69, 9.17) is 4.74 Å². The first-order valence-electron chi connectivity index (χ1n) is 10.0. The summed E-state index contributed by atoms with van der Waals surface area (Å²) in [5.74, 6) is -1.53. The number of carbonyl (C=O) groups is 2. The third-order valence-electron chi connectivity index (χ3n) is 5.84. The lowest BCUT2D eigenvalue weighted by atomic mass is 9.95. The number of ketones is 1. The molecule has 31 heavy (non-hydrogen) atoms. The minimum absolute atomic E-state index is 0.0793. The molecule has 7 heteroatoms. The monoisotopic (exact) mass is 415 g/mol. The van der Waals surface area contributed by atoms with Gasteiger partial charge in [0.1, 0.15) is 5.76 Å². The summed E-state index contributed by atoms with van der Waals surface area (Å²) < 4.78 is 5.17. The van der Waals surface area contributed by atoms with Gasteiger partial charge in [-0.15, -0.1) is 0 Å². The fourth-order valence-corrected chi connectivity index (χ4v) is 4.36. The van der Waals surface area contributed by atoms with Crippen molar-refractivity contribution in [1.29, 1.82) is 0 Å².